The zero-order valence-electron chi connectivity index (χ0n) is 13.1. The average Bonchev–Trinajstić information content (AvgIpc) is 2.50. The number of benzene rings is 1. The molecule has 0 spiro atoms. The molecule has 2 N–H and O–H groups in total. The number of carbonyl (C=O) groups excluding carboxylic acids is 1. The Labute approximate surface area is 130 Å². The van der Waals surface area contributed by atoms with Gasteiger partial charge in [0.05, 0.1) is 16.1 Å². The fourth-order valence-corrected chi connectivity index (χ4v) is 1.90. The van der Waals surface area contributed by atoms with Crippen molar-refractivity contribution >= 4 is 17.7 Å². The van der Waals surface area contributed by atoms with E-state index in [-0.39, 0.29) is 18.2 Å². The van der Waals surface area contributed by atoms with Crippen LogP contribution in [0.4, 0.5) is 5.69 Å². The Hall–Kier alpha value is -2.21. The third-order valence-corrected chi connectivity index (χ3v) is 3.84. The Morgan fingerprint density at radius 1 is 1.50 bits per heavy atom. The molecule has 1 amide bonds. The lowest BCUT2D eigenvalue weighted by Crippen LogP contribution is -2.44. The van der Waals surface area contributed by atoms with E-state index in [2.05, 4.69) is 5.32 Å². The zero-order valence-corrected chi connectivity index (χ0v) is 13.1. The smallest absolute Gasteiger partial charge is 0.276 e. The summed E-state index contributed by atoms with van der Waals surface area (Å²) in [6.07, 6.45) is 3.43. The van der Waals surface area contributed by atoms with Gasteiger partial charge < -0.3 is 10.4 Å². The highest BCUT2D eigenvalue weighted by atomic mass is 16.6. The first-order valence-corrected chi connectivity index (χ1v) is 7.19. The van der Waals surface area contributed by atoms with Gasteiger partial charge in [-0.1, -0.05) is 32.4 Å². The van der Waals surface area contributed by atoms with E-state index in [9.17, 15) is 20.0 Å². The van der Waals surface area contributed by atoms with Gasteiger partial charge in [0.25, 0.3) is 5.69 Å². The molecule has 0 heterocycles. The van der Waals surface area contributed by atoms with Crippen LogP contribution in [0.3, 0.4) is 0 Å². The summed E-state index contributed by atoms with van der Waals surface area (Å²) in [5.74, 6) is -0.353. The van der Waals surface area contributed by atoms with Gasteiger partial charge in [-0.3, -0.25) is 14.9 Å². The molecule has 120 valence electrons. The summed E-state index contributed by atoms with van der Waals surface area (Å²) in [5, 5.41) is 23.7. The van der Waals surface area contributed by atoms with Crippen LogP contribution in [0, 0.1) is 16.0 Å². The van der Waals surface area contributed by atoms with Crippen molar-refractivity contribution in [2.24, 2.45) is 5.92 Å². The SMILES string of the molecule is CCC(C)C(C)(O)CNC(=O)C=Cc1ccccc1[N+](=O)[O-]. The van der Waals surface area contributed by atoms with E-state index >= 15 is 0 Å². The van der Waals surface area contributed by atoms with Gasteiger partial charge in [0.1, 0.15) is 0 Å². The van der Waals surface area contributed by atoms with E-state index < -0.39 is 16.4 Å². The molecule has 1 aromatic rings. The predicted molar refractivity (Wildman–Crippen MR) is 85.2 cm³/mol. The number of amides is 1. The third-order valence-electron chi connectivity index (χ3n) is 3.84. The summed E-state index contributed by atoms with van der Waals surface area (Å²) in [4.78, 5) is 22.2. The zero-order chi connectivity index (χ0) is 16.8. The first kappa shape index (κ1) is 17.8. The minimum Gasteiger partial charge on any atom is -0.388 e. The van der Waals surface area contributed by atoms with Crippen molar-refractivity contribution < 1.29 is 14.8 Å². The molecule has 6 heteroatoms. The quantitative estimate of drug-likeness (QED) is 0.460. The monoisotopic (exact) mass is 306 g/mol. The van der Waals surface area contributed by atoms with Gasteiger partial charge in [-0.2, -0.15) is 0 Å². The first-order chi connectivity index (χ1) is 10.3. The number of nitrogens with one attached hydrogen (secondary N) is 1. The number of nitrogens with zero attached hydrogens (tertiary/aromatic N) is 1. The second kappa shape index (κ2) is 7.70. The van der Waals surface area contributed by atoms with Crippen molar-refractivity contribution in [3.63, 3.8) is 0 Å². The summed E-state index contributed by atoms with van der Waals surface area (Å²) in [6, 6.07) is 6.18. The van der Waals surface area contributed by atoms with E-state index in [0.29, 0.717) is 5.56 Å². The van der Waals surface area contributed by atoms with Crippen molar-refractivity contribution in [3.05, 3.63) is 46.0 Å². The van der Waals surface area contributed by atoms with Crippen molar-refractivity contribution in [2.45, 2.75) is 32.8 Å². The van der Waals surface area contributed by atoms with Crippen molar-refractivity contribution in [1.82, 2.24) is 5.32 Å². The van der Waals surface area contributed by atoms with Crippen LogP contribution in [0.1, 0.15) is 32.8 Å². The van der Waals surface area contributed by atoms with E-state index in [1.165, 1.54) is 18.2 Å². The molecule has 0 aliphatic carbocycles. The summed E-state index contributed by atoms with van der Waals surface area (Å²) >= 11 is 0. The van der Waals surface area contributed by atoms with Crippen molar-refractivity contribution in [1.29, 1.82) is 0 Å². The van der Waals surface area contributed by atoms with Crippen LogP contribution in [0.5, 0.6) is 0 Å². The number of carbonyl (C=O) groups is 1. The van der Waals surface area contributed by atoms with Crippen molar-refractivity contribution in [3.8, 4) is 0 Å². The van der Waals surface area contributed by atoms with E-state index in [1.54, 1.807) is 25.1 Å². The molecule has 0 aliphatic heterocycles. The minimum absolute atomic E-state index is 0.0481. The van der Waals surface area contributed by atoms with Crippen LogP contribution in [0.15, 0.2) is 30.3 Å². The molecule has 2 unspecified atom stereocenters. The molecule has 0 aliphatic rings. The molecule has 1 rings (SSSR count). The Kier molecular flexibility index (Phi) is 6.24. The molecule has 0 fully saturated rings. The summed E-state index contributed by atoms with van der Waals surface area (Å²) in [5.41, 5.74) is -0.689. The van der Waals surface area contributed by atoms with Gasteiger partial charge in [0.15, 0.2) is 0 Å². The number of aliphatic hydroxyl groups is 1. The fourth-order valence-electron chi connectivity index (χ4n) is 1.90. The molecule has 0 bridgehead atoms. The Morgan fingerprint density at radius 2 is 2.14 bits per heavy atom. The predicted octanol–water partition coefficient (Wildman–Crippen LogP) is 2.52. The number of hydrogen-bond acceptors (Lipinski definition) is 4. The number of hydrogen-bond donors (Lipinski definition) is 2. The van der Waals surface area contributed by atoms with Crippen molar-refractivity contribution in [2.75, 3.05) is 6.54 Å². The largest absolute Gasteiger partial charge is 0.388 e. The van der Waals surface area contributed by atoms with Gasteiger partial charge >= 0.3 is 0 Å². The lowest BCUT2D eigenvalue weighted by molar-refractivity contribution is -0.385. The Balaban J connectivity index is 2.68. The van der Waals surface area contributed by atoms with Crippen LogP contribution in [0.2, 0.25) is 0 Å². The van der Waals surface area contributed by atoms with Gasteiger partial charge in [0.2, 0.25) is 5.91 Å². The lowest BCUT2D eigenvalue weighted by atomic mass is 9.89. The van der Waals surface area contributed by atoms with E-state index in [1.807, 2.05) is 13.8 Å². The highest BCUT2D eigenvalue weighted by Gasteiger charge is 2.27. The molecule has 0 saturated heterocycles. The molecule has 22 heavy (non-hydrogen) atoms. The third kappa shape index (κ3) is 4.96. The first-order valence-electron chi connectivity index (χ1n) is 7.19. The van der Waals surface area contributed by atoms with Crippen LogP contribution in [0.25, 0.3) is 6.08 Å². The normalized spacial score (nSPS) is 15.3. The van der Waals surface area contributed by atoms with Gasteiger partial charge in [-0.15, -0.1) is 0 Å². The summed E-state index contributed by atoms with van der Waals surface area (Å²) in [6.45, 7) is 5.68. The standard InChI is InChI=1S/C16H22N2O4/c1-4-12(2)16(3,20)11-17-15(19)10-9-13-7-5-6-8-14(13)18(21)22/h5-10,12,20H,4,11H2,1-3H3,(H,17,19). The van der Waals surface area contributed by atoms with E-state index in [4.69, 9.17) is 0 Å². The molecule has 0 aromatic heterocycles. The second-order valence-electron chi connectivity index (χ2n) is 5.53. The maximum absolute atomic E-state index is 11.8. The second-order valence-corrected chi connectivity index (χ2v) is 5.53. The number of rotatable bonds is 7. The summed E-state index contributed by atoms with van der Waals surface area (Å²) in [7, 11) is 0. The fraction of sp³-hybridized carbons (Fsp3) is 0.438. The van der Waals surface area contributed by atoms with Gasteiger partial charge in [-0.25, -0.2) is 0 Å². The van der Waals surface area contributed by atoms with Gasteiger partial charge in [-0.05, 0) is 25.0 Å². The highest BCUT2D eigenvalue weighted by molar-refractivity contribution is 5.92. The van der Waals surface area contributed by atoms with Crippen LogP contribution in [-0.4, -0.2) is 28.1 Å². The lowest BCUT2D eigenvalue weighted by Gasteiger charge is -2.29. The van der Waals surface area contributed by atoms with E-state index in [0.717, 1.165) is 6.42 Å². The average molecular weight is 306 g/mol. The molecule has 0 radical (unpaired) electrons. The Bertz CT molecular complexity index is 567. The van der Waals surface area contributed by atoms with Crippen LogP contribution >= 0.6 is 0 Å². The van der Waals surface area contributed by atoms with Crippen LogP contribution < -0.4 is 5.32 Å². The molecule has 6 nitrogen and oxygen atoms in total. The number of nitro groups is 1. The van der Waals surface area contributed by atoms with Crippen LogP contribution in [-0.2, 0) is 4.79 Å². The molecule has 0 saturated carbocycles. The topological polar surface area (TPSA) is 92.5 Å². The highest BCUT2D eigenvalue weighted by Crippen LogP contribution is 2.20. The molecule has 2 atom stereocenters. The maximum Gasteiger partial charge on any atom is 0.276 e. The minimum atomic E-state index is -0.989. The number of para-hydroxylation sites is 1. The maximum atomic E-state index is 11.8. The molecular formula is C16H22N2O4. The summed E-state index contributed by atoms with van der Waals surface area (Å²) < 4.78 is 0. The van der Waals surface area contributed by atoms with Gasteiger partial charge in [0, 0.05) is 18.7 Å². The Morgan fingerprint density at radius 3 is 2.73 bits per heavy atom. The molecular weight excluding hydrogens is 284 g/mol. The number of nitro benzene ring substituents is 1. The molecule has 1 aromatic carbocycles.